The topological polar surface area (TPSA) is 96.0 Å². The molecule has 2 amide bonds. The lowest BCUT2D eigenvalue weighted by molar-refractivity contribution is -0.140. The summed E-state index contributed by atoms with van der Waals surface area (Å²) in [5.41, 5.74) is 2.55. The van der Waals surface area contributed by atoms with Crippen molar-refractivity contribution in [3.05, 3.63) is 88.4 Å². The number of benzene rings is 3. The van der Waals surface area contributed by atoms with E-state index in [-0.39, 0.29) is 23.0 Å². The summed E-state index contributed by atoms with van der Waals surface area (Å²) in [4.78, 5) is 28.9. The number of hydrogen-bond acceptors (Lipinski definition) is 5. The quantitative estimate of drug-likeness (QED) is 0.280. The summed E-state index contributed by atoms with van der Waals surface area (Å²) in [6, 6.07) is 17.8. The number of halogens is 1. The van der Waals surface area contributed by atoms with Crippen molar-refractivity contribution < 1.29 is 22.7 Å². The lowest BCUT2D eigenvalue weighted by atomic mass is 10.1. The Hall–Kier alpha value is -3.56. The molecular weight excluding hydrogens is 562 g/mol. The fourth-order valence-corrected chi connectivity index (χ4v) is 6.05. The first-order valence-corrected chi connectivity index (χ1v) is 15.4. The van der Waals surface area contributed by atoms with Gasteiger partial charge in [-0.1, -0.05) is 67.4 Å². The second-order valence-electron chi connectivity index (χ2n) is 9.83. The highest BCUT2D eigenvalue weighted by molar-refractivity contribution is 7.92. The number of sulfonamides is 1. The third-order valence-corrected chi connectivity index (χ3v) is 8.87. The van der Waals surface area contributed by atoms with Gasteiger partial charge in [0.15, 0.2) is 0 Å². The van der Waals surface area contributed by atoms with E-state index < -0.39 is 28.5 Å². The first-order chi connectivity index (χ1) is 19.5. The van der Waals surface area contributed by atoms with Gasteiger partial charge >= 0.3 is 0 Å². The summed E-state index contributed by atoms with van der Waals surface area (Å²) >= 11 is 6.45. The Morgan fingerprint density at radius 3 is 2.24 bits per heavy atom. The van der Waals surface area contributed by atoms with Gasteiger partial charge in [0.25, 0.3) is 10.0 Å². The van der Waals surface area contributed by atoms with E-state index in [0.717, 1.165) is 21.9 Å². The molecule has 0 aliphatic rings. The minimum absolute atomic E-state index is 0.0277. The van der Waals surface area contributed by atoms with Gasteiger partial charge in [0.2, 0.25) is 11.8 Å². The molecule has 41 heavy (non-hydrogen) atoms. The average Bonchev–Trinajstić information content (AvgIpc) is 2.95. The largest absolute Gasteiger partial charge is 0.495 e. The SMILES string of the molecule is CCCNC(=O)[C@@H](CC)N(Cc1ccccc1Cl)C(=O)CN(c1cc(C)ccc1OC)S(=O)(=O)c1ccc(C)cc1. The molecule has 3 aromatic rings. The van der Waals surface area contributed by atoms with Gasteiger partial charge in [-0.15, -0.1) is 0 Å². The third-order valence-electron chi connectivity index (χ3n) is 6.72. The number of rotatable bonds is 13. The predicted octanol–water partition coefficient (Wildman–Crippen LogP) is 5.49. The van der Waals surface area contributed by atoms with Gasteiger partial charge in [-0.05, 0) is 68.1 Å². The van der Waals surface area contributed by atoms with Crippen LogP contribution < -0.4 is 14.4 Å². The van der Waals surface area contributed by atoms with Crippen molar-refractivity contribution in [2.24, 2.45) is 0 Å². The Labute approximate surface area is 248 Å². The van der Waals surface area contributed by atoms with Gasteiger partial charge in [0, 0.05) is 18.1 Å². The molecule has 0 spiro atoms. The van der Waals surface area contributed by atoms with Crippen molar-refractivity contribution in [2.75, 3.05) is 24.5 Å². The highest BCUT2D eigenvalue weighted by Gasteiger charge is 2.35. The van der Waals surface area contributed by atoms with E-state index in [1.165, 1.54) is 24.1 Å². The van der Waals surface area contributed by atoms with Crippen molar-refractivity contribution in [1.29, 1.82) is 0 Å². The van der Waals surface area contributed by atoms with Crippen LogP contribution in [-0.2, 0) is 26.2 Å². The van der Waals surface area contributed by atoms with Crippen LogP contribution in [0.4, 0.5) is 5.69 Å². The second-order valence-corrected chi connectivity index (χ2v) is 12.1. The first-order valence-electron chi connectivity index (χ1n) is 13.6. The van der Waals surface area contributed by atoms with Gasteiger partial charge < -0.3 is 15.0 Å². The number of amides is 2. The Morgan fingerprint density at radius 1 is 0.976 bits per heavy atom. The van der Waals surface area contributed by atoms with Gasteiger partial charge in [0.05, 0.1) is 17.7 Å². The van der Waals surface area contributed by atoms with Crippen LogP contribution in [0.1, 0.15) is 43.4 Å². The number of anilines is 1. The number of hydrogen-bond donors (Lipinski definition) is 1. The van der Waals surface area contributed by atoms with Gasteiger partial charge in [-0.2, -0.15) is 0 Å². The summed E-state index contributed by atoms with van der Waals surface area (Å²) in [5, 5.41) is 3.32. The molecule has 0 bridgehead atoms. The zero-order valence-electron chi connectivity index (χ0n) is 24.2. The van der Waals surface area contributed by atoms with E-state index in [1.807, 2.05) is 27.7 Å². The number of methoxy groups -OCH3 is 1. The first kappa shape index (κ1) is 32.0. The standard InChI is InChI=1S/C31H38ClN3O5S/c1-6-18-33-31(37)27(7-2)34(20-24-10-8-9-11-26(24)32)30(36)21-35(28-19-23(4)14-17-29(28)40-5)41(38,39)25-15-12-22(3)13-16-25/h8-17,19,27H,6-7,18,20-21H2,1-5H3,(H,33,37)/t27-/m1/s1. The van der Waals surface area contributed by atoms with Crippen molar-refractivity contribution >= 4 is 39.1 Å². The van der Waals surface area contributed by atoms with Gasteiger partial charge in [-0.25, -0.2) is 8.42 Å². The smallest absolute Gasteiger partial charge is 0.264 e. The molecule has 0 heterocycles. The van der Waals surface area contributed by atoms with Crippen LogP contribution in [0.25, 0.3) is 0 Å². The monoisotopic (exact) mass is 599 g/mol. The molecular formula is C31H38ClN3O5S. The second kappa shape index (κ2) is 14.4. The lowest BCUT2D eigenvalue weighted by Gasteiger charge is -2.33. The Balaban J connectivity index is 2.13. The van der Waals surface area contributed by atoms with Crippen LogP contribution in [-0.4, -0.2) is 51.4 Å². The molecule has 3 aromatic carbocycles. The molecule has 0 aliphatic heterocycles. The predicted molar refractivity (Wildman–Crippen MR) is 163 cm³/mol. The van der Waals surface area contributed by atoms with E-state index >= 15 is 0 Å². The van der Waals surface area contributed by atoms with E-state index in [1.54, 1.807) is 54.6 Å². The van der Waals surface area contributed by atoms with Crippen LogP contribution >= 0.6 is 11.6 Å². The number of nitrogens with zero attached hydrogens (tertiary/aromatic N) is 2. The van der Waals surface area contributed by atoms with Crippen molar-refractivity contribution in [1.82, 2.24) is 10.2 Å². The fourth-order valence-electron chi connectivity index (χ4n) is 4.44. The maximum atomic E-state index is 14.2. The zero-order valence-corrected chi connectivity index (χ0v) is 25.8. The lowest BCUT2D eigenvalue weighted by Crippen LogP contribution is -2.52. The molecule has 1 N–H and O–H groups in total. The molecule has 8 nitrogen and oxygen atoms in total. The molecule has 0 aliphatic carbocycles. The van der Waals surface area contributed by atoms with E-state index in [2.05, 4.69) is 5.32 Å². The average molecular weight is 600 g/mol. The number of carbonyl (C=O) groups is 2. The molecule has 0 saturated heterocycles. The molecule has 0 saturated carbocycles. The zero-order chi connectivity index (χ0) is 30.2. The minimum Gasteiger partial charge on any atom is -0.495 e. The highest BCUT2D eigenvalue weighted by Crippen LogP contribution is 2.34. The molecule has 220 valence electrons. The van der Waals surface area contributed by atoms with Crippen molar-refractivity contribution in [3.8, 4) is 5.75 Å². The van der Waals surface area contributed by atoms with Crippen molar-refractivity contribution in [2.45, 2.75) is 58.0 Å². The van der Waals surface area contributed by atoms with E-state index in [4.69, 9.17) is 16.3 Å². The van der Waals surface area contributed by atoms with Gasteiger partial charge in [-0.3, -0.25) is 13.9 Å². The van der Waals surface area contributed by atoms with Crippen LogP contribution in [0, 0.1) is 13.8 Å². The fraction of sp³-hybridized carbons (Fsp3) is 0.355. The summed E-state index contributed by atoms with van der Waals surface area (Å²) in [5.74, 6) is -0.567. The molecule has 0 aromatic heterocycles. The molecule has 3 rings (SSSR count). The Morgan fingerprint density at radius 2 is 1.63 bits per heavy atom. The number of nitrogens with one attached hydrogen (secondary N) is 1. The Bertz CT molecular complexity index is 1460. The Kier molecular flexibility index (Phi) is 11.2. The normalized spacial score (nSPS) is 12.0. The number of carbonyl (C=O) groups excluding carboxylic acids is 2. The van der Waals surface area contributed by atoms with Gasteiger partial charge in [0.1, 0.15) is 18.3 Å². The molecule has 1 atom stereocenters. The van der Waals surface area contributed by atoms with Crippen LogP contribution in [0.5, 0.6) is 5.75 Å². The van der Waals surface area contributed by atoms with Crippen molar-refractivity contribution in [3.63, 3.8) is 0 Å². The van der Waals surface area contributed by atoms with Crippen LogP contribution in [0.15, 0.2) is 71.6 Å². The van der Waals surface area contributed by atoms with Crippen LogP contribution in [0.2, 0.25) is 5.02 Å². The molecule has 0 fully saturated rings. The van der Waals surface area contributed by atoms with Crippen LogP contribution in [0.3, 0.4) is 0 Å². The molecule has 10 heteroatoms. The maximum Gasteiger partial charge on any atom is 0.264 e. The third kappa shape index (κ3) is 7.80. The summed E-state index contributed by atoms with van der Waals surface area (Å²) in [6.07, 6.45) is 1.06. The summed E-state index contributed by atoms with van der Waals surface area (Å²) in [7, 11) is -2.77. The molecule has 0 radical (unpaired) electrons. The van der Waals surface area contributed by atoms with E-state index in [0.29, 0.717) is 29.3 Å². The summed E-state index contributed by atoms with van der Waals surface area (Å²) in [6.45, 7) is 7.37. The maximum absolute atomic E-state index is 14.2. The highest BCUT2D eigenvalue weighted by atomic mass is 35.5. The van der Waals surface area contributed by atoms with E-state index in [9.17, 15) is 18.0 Å². The number of aryl methyl sites for hydroxylation is 2. The minimum atomic E-state index is -4.22. The number of ether oxygens (including phenoxy) is 1. The summed E-state index contributed by atoms with van der Waals surface area (Å²) < 4.78 is 34.8. The molecule has 0 unspecified atom stereocenters.